The molecule has 0 fully saturated rings. The number of nitrogens with zero attached hydrogens (tertiary/aromatic N) is 1. The van der Waals surface area contributed by atoms with Gasteiger partial charge in [-0.2, -0.15) is 0 Å². The van der Waals surface area contributed by atoms with Gasteiger partial charge in [0, 0.05) is 18.8 Å². The maximum Gasteiger partial charge on any atom is 0.0426 e. The van der Waals surface area contributed by atoms with Crippen molar-refractivity contribution in [3.63, 3.8) is 0 Å². The first-order valence-electron chi connectivity index (χ1n) is 6.94. The fraction of sp³-hybridized carbons (Fsp3) is 0.529. The van der Waals surface area contributed by atoms with Crippen molar-refractivity contribution in [2.75, 3.05) is 13.1 Å². The van der Waals surface area contributed by atoms with Crippen LogP contribution in [0.5, 0.6) is 0 Å². The molecule has 1 nitrogen and oxygen atoms in total. The normalized spacial score (nSPS) is 11.4. The molecule has 0 aromatic carbocycles. The number of hydrogen-bond donors (Lipinski definition) is 0. The van der Waals surface area contributed by atoms with Crippen LogP contribution in [-0.2, 0) is 0 Å². The molecule has 102 valence electrons. The highest BCUT2D eigenvalue weighted by Crippen LogP contribution is 2.16. The van der Waals surface area contributed by atoms with E-state index in [9.17, 15) is 0 Å². The van der Waals surface area contributed by atoms with Crippen LogP contribution in [0, 0.1) is 5.92 Å². The highest BCUT2D eigenvalue weighted by Gasteiger charge is 2.11. The SMILES string of the molecule is C=C/C=C(\C=C)CN(CCCCC)C(=C)C(C)C. The van der Waals surface area contributed by atoms with Crippen molar-refractivity contribution in [3.05, 3.63) is 49.2 Å². The smallest absolute Gasteiger partial charge is 0.0426 e. The summed E-state index contributed by atoms with van der Waals surface area (Å²) in [6.45, 7) is 20.4. The zero-order chi connectivity index (χ0) is 14.0. The first kappa shape index (κ1) is 16.8. The van der Waals surface area contributed by atoms with Gasteiger partial charge in [-0.1, -0.05) is 71.6 Å². The molecule has 0 bridgehead atoms. The van der Waals surface area contributed by atoms with Gasteiger partial charge in [0.05, 0.1) is 0 Å². The lowest BCUT2D eigenvalue weighted by Crippen LogP contribution is -2.28. The van der Waals surface area contributed by atoms with E-state index in [1.165, 1.54) is 30.5 Å². The van der Waals surface area contributed by atoms with Crippen LogP contribution in [0.1, 0.15) is 40.0 Å². The Morgan fingerprint density at radius 1 is 1.22 bits per heavy atom. The predicted molar refractivity (Wildman–Crippen MR) is 83.6 cm³/mol. The van der Waals surface area contributed by atoms with E-state index in [-0.39, 0.29) is 0 Å². The first-order valence-corrected chi connectivity index (χ1v) is 6.94. The summed E-state index contributed by atoms with van der Waals surface area (Å²) in [5, 5.41) is 0. The molecule has 0 N–H and O–H groups in total. The zero-order valence-electron chi connectivity index (χ0n) is 12.4. The van der Waals surface area contributed by atoms with E-state index in [2.05, 4.69) is 45.4 Å². The fourth-order valence-corrected chi connectivity index (χ4v) is 1.80. The minimum Gasteiger partial charge on any atom is -0.371 e. The number of rotatable bonds is 10. The van der Waals surface area contributed by atoms with Crippen LogP contribution in [0.4, 0.5) is 0 Å². The number of allylic oxidation sites excluding steroid dienone is 3. The molecule has 0 unspecified atom stereocenters. The van der Waals surface area contributed by atoms with Crippen LogP contribution in [0.3, 0.4) is 0 Å². The molecule has 0 aliphatic rings. The quantitative estimate of drug-likeness (QED) is 0.390. The Balaban J connectivity index is 4.64. The molecule has 0 heterocycles. The average Bonchev–Trinajstić information content (AvgIpc) is 2.35. The lowest BCUT2D eigenvalue weighted by Gasteiger charge is -2.29. The van der Waals surface area contributed by atoms with Gasteiger partial charge in [0.25, 0.3) is 0 Å². The monoisotopic (exact) mass is 247 g/mol. The fourth-order valence-electron chi connectivity index (χ4n) is 1.80. The lowest BCUT2D eigenvalue weighted by molar-refractivity contribution is 0.331. The Labute approximate surface area is 114 Å². The molecule has 0 saturated heterocycles. The summed E-state index contributed by atoms with van der Waals surface area (Å²) < 4.78 is 0. The van der Waals surface area contributed by atoms with Gasteiger partial charge in [-0.25, -0.2) is 0 Å². The lowest BCUT2D eigenvalue weighted by atomic mass is 10.1. The van der Waals surface area contributed by atoms with Gasteiger partial charge < -0.3 is 4.90 Å². The van der Waals surface area contributed by atoms with Gasteiger partial charge in [0.2, 0.25) is 0 Å². The van der Waals surface area contributed by atoms with Crippen molar-refractivity contribution < 1.29 is 0 Å². The van der Waals surface area contributed by atoms with Crippen LogP contribution in [0.15, 0.2) is 49.2 Å². The van der Waals surface area contributed by atoms with E-state index in [1.54, 1.807) is 0 Å². The van der Waals surface area contributed by atoms with Crippen molar-refractivity contribution in [3.8, 4) is 0 Å². The van der Waals surface area contributed by atoms with Gasteiger partial charge in [0.15, 0.2) is 0 Å². The highest BCUT2D eigenvalue weighted by molar-refractivity contribution is 5.23. The van der Waals surface area contributed by atoms with E-state index in [0.717, 1.165) is 13.1 Å². The summed E-state index contributed by atoms with van der Waals surface area (Å²) in [6, 6.07) is 0. The Morgan fingerprint density at radius 3 is 2.33 bits per heavy atom. The van der Waals surface area contributed by atoms with Crippen LogP contribution < -0.4 is 0 Å². The molecule has 1 heteroatoms. The van der Waals surface area contributed by atoms with Gasteiger partial charge in [-0.3, -0.25) is 0 Å². The van der Waals surface area contributed by atoms with Gasteiger partial charge in [0.1, 0.15) is 0 Å². The third-order valence-corrected chi connectivity index (χ3v) is 3.07. The molecule has 0 aromatic heterocycles. The van der Waals surface area contributed by atoms with Crippen LogP contribution >= 0.6 is 0 Å². The molecule has 0 amide bonds. The van der Waals surface area contributed by atoms with Crippen LogP contribution in [-0.4, -0.2) is 18.0 Å². The third kappa shape index (κ3) is 6.48. The Kier molecular flexibility index (Phi) is 9.08. The summed E-state index contributed by atoms with van der Waals surface area (Å²) in [5.41, 5.74) is 2.41. The predicted octanol–water partition coefficient (Wildman–Crippen LogP) is 4.95. The molecule has 0 saturated carbocycles. The second-order valence-corrected chi connectivity index (χ2v) is 4.96. The van der Waals surface area contributed by atoms with E-state index in [1.807, 2.05) is 18.2 Å². The first-order chi connectivity index (χ1) is 8.56. The van der Waals surface area contributed by atoms with Crippen LogP contribution in [0.25, 0.3) is 0 Å². The molecule has 18 heavy (non-hydrogen) atoms. The molecule has 0 aliphatic carbocycles. The van der Waals surface area contributed by atoms with Crippen LogP contribution in [0.2, 0.25) is 0 Å². The topological polar surface area (TPSA) is 3.24 Å². The summed E-state index contributed by atoms with van der Waals surface area (Å²) in [7, 11) is 0. The maximum absolute atomic E-state index is 4.22. The van der Waals surface area contributed by atoms with E-state index in [0.29, 0.717) is 5.92 Å². The molecule has 0 spiro atoms. The van der Waals surface area contributed by atoms with E-state index in [4.69, 9.17) is 0 Å². The van der Waals surface area contributed by atoms with Crippen molar-refractivity contribution in [1.29, 1.82) is 0 Å². The average molecular weight is 247 g/mol. The van der Waals surface area contributed by atoms with E-state index < -0.39 is 0 Å². The van der Waals surface area contributed by atoms with Gasteiger partial charge in [-0.05, 0) is 17.9 Å². The second kappa shape index (κ2) is 9.76. The standard InChI is InChI=1S/C17H29N/c1-7-10-11-13-18(16(6)15(4)5)14-17(9-3)12-8-2/h8-9,12,15H,2-3,6-7,10-11,13-14H2,1,4-5H3/b17-12+. The van der Waals surface area contributed by atoms with Crippen molar-refractivity contribution in [2.45, 2.75) is 40.0 Å². The number of unbranched alkanes of at least 4 members (excludes halogenated alkanes) is 2. The Bertz CT molecular complexity index is 297. The highest BCUT2D eigenvalue weighted by atomic mass is 15.1. The Morgan fingerprint density at radius 2 is 1.89 bits per heavy atom. The molecular weight excluding hydrogens is 218 g/mol. The minimum absolute atomic E-state index is 0.487. The summed E-state index contributed by atoms with van der Waals surface area (Å²) in [6.07, 6.45) is 9.49. The Hall–Kier alpha value is -1.24. The van der Waals surface area contributed by atoms with Crippen molar-refractivity contribution in [2.24, 2.45) is 5.92 Å². The number of hydrogen-bond acceptors (Lipinski definition) is 1. The van der Waals surface area contributed by atoms with Crippen molar-refractivity contribution >= 4 is 0 Å². The molecule has 0 rings (SSSR count). The molecular formula is C17H29N. The minimum atomic E-state index is 0.487. The largest absolute Gasteiger partial charge is 0.371 e. The van der Waals surface area contributed by atoms with Crippen molar-refractivity contribution in [1.82, 2.24) is 4.90 Å². The third-order valence-electron chi connectivity index (χ3n) is 3.07. The molecule has 0 atom stereocenters. The second-order valence-electron chi connectivity index (χ2n) is 4.96. The summed E-state index contributed by atoms with van der Waals surface area (Å²) in [4.78, 5) is 2.37. The summed E-state index contributed by atoms with van der Waals surface area (Å²) >= 11 is 0. The molecule has 0 aliphatic heterocycles. The maximum atomic E-state index is 4.22. The molecule has 0 aromatic rings. The molecule has 0 radical (unpaired) electrons. The van der Waals surface area contributed by atoms with Gasteiger partial charge >= 0.3 is 0 Å². The van der Waals surface area contributed by atoms with Gasteiger partial charge in [-0.15, -0.1) is 0 Å². The van der Waals surface area contributed by atoms with E-state index >= 15 is 0 Å². The zero-order valence-corrected chi connectivity index (χ0v) is 12.4. The summed E-state index contributed by atoms with van der Waals surface area (Å²) in [5.74, 6) is 0.487.